The van der Waals surface area contributed by atoms with Gasteiger partial charge >= 0.3 is 0 Å². The van der Waals surface area contributed by atoms with Gasteiger partial charge in [0, 0.05) is 61.3 Å². The van der Waals surface area contributed by atoms with Gasteiger partial charge in [-0.1, -0.05) is 62.4 Å². The number of amides is 4. The number of nitro groups is 1. The van der Waals surface area contributed by atoms with E-state index in [9.17, 15) is 29.3 Å². The highest BCUT2D eigenvalue weighted by Crippen LogP contribution is 2.41. The molecule has 3 heterocycles. The molecule has 0 spiro atoms. The fraction of sp³-hybridized carbons (Fsp3) is 0.512. The molecule has 4 aliphatic rings. The summed E-state index contributed by atoms with van der Waals surface area (Å²) < 4.78 is 0. The van der Waals surface area contributed by atoms with Crippen LogP contribution in [0.15, 0.2) is 54.7 Å². The molecular weight excluding hydrogens is 686 g/mol. The van der Waals surface area contributed by atoms with Crippen molar-refractivity contribution in [3.05, 3.63) is 81.5 Å². The van der Waals surface area contributed by atoms with Crippen molar-refractivity contribution in [3.63, 3.8) is 0 Å². The monoisotopic (exact) mass is 737 g/mol. The minimum atomic E-state index is -1.06. The number of hydrogen-bond acceptors (Lipinski definition) is 7. The van der Waals surface area contributed by atoms with Crippen LogP contribution in [0.2, 0.25) is 0 Å². The quantitative estimate of drug-likeness (QED) is 0.158. The standard InChI is InChI=1S/C41H51N7O6/c1-46-23-29(20-32-31-10-5-11-33-37(31)28(22-43-33)21-36(32)46)39(50)45-35(19-26-12-15-30(16-13-26)48(53)54)40(51)44-34(17-14-25-7-3-2-4-8-25)41(52)47-18-6-9-27(24-47)38(42)49/h5,10-13,15-16,20,22,25,27,29,34-36,43H,2-4,6-9,14,17-19,21,23-24H2,1H3,(H2,42,49)(H,44,51)(H,45,50)/t27?,29-,34+,35+,36-/m1/s1. The average Bonchev–Trinajstić information content (AvgIpc) is 3.60. The van der Waals surface area contributed by atoms with E-state index in [0.717, 1.165) is 55.2 Å². The van der Waals surface area contributed by atoms with Gasteiger partial charge in [-0.15, -0.1) is 0 Å². The second kappa shape index (κ2) is 16.1. The molecule has 1 unspecified atom stereocenters. The van der Waals surface area contributed by atoms with E-state index in [1.807, 2.05) is 19.2 Å². The smallest absolute Gasteiger partial charge is 0.269 e. The number of aromatic amines is 1. The molecule has 2 aromatic carbocycles. The van der Waals surface area contributed by atoms with E-state index < -0.39 is 40.7 Å². The van der Waals surface area contributed by atoms with Crippen molar-refractivity contribution in [2.24, 2.45) is 23.5 Å². The van der Waals surface area contributed by atoms with Crippen LogP contribution in [-0.2, 0) is 32.0 Å². The van der Waals surface area contributed by atoms with Crippen LogP contribution in [0.4, 0.5) is 5.69 Å². The van der Waals surface area contributed by atoms with Gasteiger partial charge in [0.1, 0.15) is 12.1 Å². The number of nitrogens with one attached hydrogen (secondary N) is 3. The van der Waals surface area contributed by atoms with Gasteiger partial charge in [-0.25, -0.2) is 0 Å². The number of piperidine rings is 1. The van der Waals surface area contributed by atoms with Gasteiger partial charge < -0.3 is 26.3 Å². The summed E-state index contributed by atoms with van der Waals surface area (Å²) in [4.78, 5) is 72.9. The number of likely N-dealkylation sites (tertiary alicyclic amines) is 1. The molecule has 1 saturated carbocycles. The molecule has 13 heteroatoms. The minimum absolute atomic E-state index is 0.0698. The fourth-order valence-electron chi connectivity index (χ4n) is 9.13. The molecule has 0 bridgehead atoms. The first kappa shape index (κ1) is 37.3. The first-order chi connectivity index (χ1) is 26.0. The number of likely N-dealkylation sites (N-methyl/N-ethyl adjacent to an activating group) is 1. The molecule has 3 aromatic rings. The number of benzene rings is 2. The van der Waals surface area contributed by atoms with E-state index in [0.29, 0.717) is 43.8 Å². The van der Waals surface area contributed by atoms with E-state index >= 15 is 0 Å². The van der Waals surface area contributed by atoms with Crippen molar-refractivity contribution in [1.82, 2.24) is 25.4 Å². The predicted octanol–water partition coefficient (Wildman–Crippen LogP) is 4.24. The highest BCUT2D eigenvalue weighted by molar-refractivity contribution is 6.00. The maximum absolute atomic E-state index is 14.4. The first-order valence-electron chi connectivity index (χ1n) is 19.5. The number of non-ortho nitro benzene ring substituents is 1. The summed E-state index contributed by atoms with van der Waals surface area (Å²) >= 11 is 0. The Balaban J connectivity index is 1.14. The second-order valence-electron chi connectivity index (χ2n) is 15.8. The van der Waals surface area contributed by atoms with Gasteiger partial charge in [-0.2, -0.15) is 0 Å². The number of rotatable bonds is 12. The van der Waals surface area contributed by atoms with Crippen LogP contribution in [0, 0.1) is 27.9 Å². The van der Waals surface area contributed by atoms with Gasteiger partial charge in [0.2, 0.25) is 23.6 Å². The number of carbonyl (C=O) groups is 4. The van der Waals surface area contributed by atoms with Crippen molar-refractivity contribution < 1.29 is 24.1 Å². The van der Waals surface area contributed by atoms with Gasteiger partial charge in [-0.05, 0) is 73.4 Å². The molecular formula is C41H51N7O6. The van der Waals surface area contributed by atoms with Gasteiger partial charge in [0.05, 0.1) is 16.8 Å². The molecule has 1 saturated heterocycles. The maximum atomic E-state index is 14.4. The Hall–Kier alpha value is -5.04. The van der Waals surface area contributed by atoms with E-state index in [1.54, 1.807) is 17.0 Å². The summed E-state index contributed by atoms with van der Waals surface area (Å²) in [5.74, 6) is -2.01. The van der Waals surface area contributed by atoms with E-state index in [4.69, 9.17) is 5.73 Å². The Morgan fingerprint density at radius 1 is 0.981 bits per heavy atom. The number of carbonyl (C=O) groups excluding carboxylic acids is 4. The Morgan fingerprint density at radius 3 is 2.50 bits per heavy atom. The minimum Gasteiger partial charge on any atom is -0.369 e. The van der Waals surface area contributed by atoms with Crippen LogP contribution in [0.3, 0.4) is 0 Å². The number of nitrogens with zero attached hydrogens (tertiary/aromatic N) is 3. The molecule has 5 atom stereocenters. The molecule has 5 N–H and O–H groups in total. The summed E-state index contributed by atoms with van der Waals surface area (Å²) in [7, 11) is 2.02. The number of hydrogen-bond donors (Lipinski definition) is 4. The number of primary amides is 1. The zero-order valence-electron chi connectivity index (χ0n) is 30.9. The lowest BCUT2D eigenvalue weighted by molar-refractivity contribution is -0.384. The highest BCUT2D eigenvalue weighted by atomic mass is 16.6. The third kappa shape index (κ3) is 8.06. The van der Waals surface area contributed by atoms with Crippen LogP contribution < -0.4 is 16.4 Å². The maximum Gasteiger partial charge on any atom is 0.269 e. The highest BCUT2D eigenvalue weighted by Gasteiger charge is 2.38. The van der Waals surface area contributed by atoms with Crippen LogP contribution in [0.1, 0.15) is 74.5 Å². The van der Waals surface area contributed by atoms with Crippen molar-refractivity contribution in [2.75, 3.05) is 26.7 Å². The summed E-state index contributed by atoms with van der Waals surface area (Å²) in [6.07, 6.45) is 13.2. The molecule has 286 valence electrons. The molecule has 2 fully saturated rings. The molecule has 0 radical (unpaired) electrons. The summed E-state index contributed by atoms with van der Waals surface area (Å²) in [6.45, 7) is 1.15. The van der Waals surface area contributed by atoms with Crippen molar-refractivity contribution in [1.29, 1.82) is 0 Å². The fourth-order valence-corrected chi connectivity index (χ4v) is 9.13. The SMILES string of the molecule is CN1C[C@H](C(=O)N[C@@H](Cc2ccc([N+](=O)[O-])cc2)C(=O)N[C@@H](CCC2CCCCC2)C(=O)N2CCCC(C(N)=O)C2)C=C2c3cccc4[nH]cc(c34)C[C@H]21. The zero-order chi connectivity index (χ0) is 37.9. The summed E-state index contributed by atoms with van der Waals surface area (Å²) in [6, 6.07) is 10.3. The van der Waals surface area contributed by atoms with E-state index in [-0.39, 0.29) is 36.5 Å². The number of nitro benzene ring substituents is 1. The summed E-state index contributed by atoms with van der Waals surface area (Å²) in [5.41, 5.74) is 10.7. The van der Waals surface area contributed by atoms with Crippen molar-refractivity contribution >= 4 is 45.8 Å². The third-order valence-corrected chi connectivity index (χ3v) is 12.2. The average molecular weight is 738 g/mol. The first-order valence-corrected chi connectivity index (χ1v) is 19.5. The number of nitrogens with two attached hydrogens (primary N) is 1. The lowest BCUT2D eigenvalue weighted by Gasteiger charge is -2.39. The molecule has 7 rings (SSSR count). The van der Waals surface area contributed by atoms with Crippen LogP contribution in [0.25, 0.3) is 16.5 Å². The van der Waals surface area contributed by atoms with Crippen LogP contribution in [-0.4, -0.2) is 88.1 Å². The van der Waals surface area contributed by atoms with E-state index in [1.165, 1.54) is 29.5 Å². The van der Waals surface area contributed by atoms with Gasteiger partial charge in [0.15, 0.2) is 0 Å². The van der Waals surface area contributed by atoms with Crippen LogP contribution >= 0.6 is 0 Å². The number of aromatic nitrogens is 1. The van der Waals surface area contributed by atoms with E-state index in [2.05, 4.69) is 38.8 Å². The number of H-pyrrole nitrogens is 1. The molecule has 13 nitrogen and oxygen atoms in total. The topological polar surface area (TPSA) is 184 Å². The van der Waals surface area contributed by atoms with Gasteiger partial charge in [-0.3, -0.25) is 34.2 Å². The Bertz CT molecular complexity index is 1930. The lowest BCUT2D eigenvalue weighted by atomic mass is 9.79. The molecule has 1 aromatic heterocycles. The predicted molar refractivity (Wildman–Crippen MR) is 205 cm³/mol. The molecule has 4 amide bonds. The Morgan fingerprint density at radius 2 is 1.76 bits per heavy atom. The normalized spacial score (nSPS) is 22.8. The lowest BCUT2D eigenvalue weighted by Crippen LogP contribution is -2.57. The molecule has 2 aliphatic heterocycles. The van der Waals surface area contributed by atoms with Crippen LogP contribution in [0.5, 0.6) is 0 Å². The zero-order valence-corrected chi connectivity index (χ0v) is 30.9. The number of fused-ring (bicyclic) bond motifs is 2. The Kier molecular flexibility index (Phi) is 11.1. The summed E-state index contributed by atoms with van der Waals surface area (Å²) in [5, 5.41) is 18.6. The van der Waals surface area contributed by atoms with Gasteiger partial charge in [0.25, 0.3) is 5.69 Å². The second-order valence-corrected chi connectivity index (χ2v) is 15.8. The molecule has 54 heavy (non-hydrogen) atoms. The van der Waals surface area contributed by atoms with Crippen molar-refractivity contribution in [2.45, 2.75) is 88.8 Å². The molecule has 2 aliphatic carbocycles. The Labute approximate surface area is 315 Å². The van der Waals surface area contributed by atoms with Crippen molar-refractivity contribution in [3.8, 4) is 0 Å². The third-order valence-electron chi connectivity index (χ3n) is 12.2. The largest absolute Gasteiger partial charge is 0.369 e.